The number of benzene rings is 1. The van der Waals surface area contributed by atoms with Crippen LogP contribution in [0.3, 0.4) is 0 Å². The fourth-order valence-corrected chi connectivity index (χ4v) is 1.72. The van der Waals surface area contributed by atoms with Gasteiger partial charge in [-0.15, -0.1) is 0 Å². The molecule has 0 heterocycles. The van der Waals surface area contributed by atoms with Crippen LogP contribution >= 0.6 is 0 Å². The van der Waals surface area contributed by atoms with E-state index in [1.165, 1.54) is 6.07 Å². The minimum absolute atomic E-state index is 0.0108. The van der Waals surface area contributed by atoms with Gasteiger partial charge in [0.2, 0.25) is 0 Å². The number of aliphatic hydroxyl groups is 1. The van der Waals surface area contributed by atoms with Crippen molar-refractivity contribution in [3.8, 4) is 0 Å². The molecule has 5 nitrogen and oxygen atoms in total. The van der Waals surface area contributed by atoms with E-state index in [1.807, 2.05) is 0 Å². The zero-order chi connectivity index (χ0) is 14.2. The molecule has 0 saturated heterocycles. The lowest BCUT2D eigenvalue weighted by atomic mass is 10.1. The van der Waals surface area contributed by atoms with Gasteiger partial charge >= 0.3 is 0 Å². The van der Waals surface area contributed by atoms with E-state index in [1.54, 1.807) is 19.1 Å². The van der Waals surface area contributed by atoms with Gasteiger partial charge < -0.3 is 16.2 Å². The van der Waals surface area contributed by atoms with E-state index in [0.29, 0.717) is 11.1 Å². The Morgan fingerprint density at radius 2 is 2.05 bits per heavy atom. The highest BCUT2D eigenvalue weighted by Gasteiger charge is 2.18. The van der Waals surface area contributed by atoms with Crippen LogP contribution in [0.5, 0.6) is 0 Å². The third-order valence-electron chi connectivity index (χ3n) is 3.00. The van der Waals surface area contributed by atoms with Crippen LogP contribution in [0.1, 0.15) is 17.2 Å². The van der Waals surface area contributed by atoms with Crippen LogP contribution < -0.4 is 21.9 Å². The maximum Gasteiger partial charge on any atom is 0.253 e. The number of nitrogen functional groups attached to an aromatic ring is 1. The van der Waals surface area contributed by atoms with Crippen LogP contribution in [-0.2, 0) is 0 Å². The zero-order valence-electron chi connectivity index (χ0n) is 10.2. The molecule has 0 amide bonds. The molecule has 0 bridgehead atoms. The molecule has 0 aromatic heterocycles. The molecule has 0 fully saturated rings. The molecule has 4 N–H and O–H groups in total. The molecule has 100 valence electrons. The van der Waals surface area contributed by atoms with E-state index in [-0.39, 0.29) is 17.9 Å². The summed E-state index contributed by atoms with van der Waals surface area (Å²) >= 11 is 0. The van der Waals surface area contributed by atoms with Crippen LogP contribution in [0.25, 0.3) is 0 Å². The second kappa shape index (κ2) is 4.81. The van der Waals surface area contributed by atoms with Gasteiger partial charge in [-0.1, -0.05) is 12.1 Å². The Balaban J connectivity index is 2.06. The molecule has 19 heavy (non-hydrogen) atoms. The summed E-state index contributed by atoms with van der Waals surface area (Å²) in [5, 5.41) is 12.4. The first-order valence-corrected chi connectivity index (χ1v) is 5.68. The van der Waals surface area contributed by atoms with E-state index in [0.717, 1.165) is 0 Å². The number of halogens is 1. The highest BCUT2D eigenvalue weighted by molar-refractivity contribution is 5.71. The lowest BCUT2D eigenvalue weighted by Crippen LogP contribution is -2.37. The topological polar surface area (TPSA) is 92.4 Å². The number of nitrogens with one attached hydrogen (secondary N) is 1. The molecule has 0 aliphatic heterocycles. The minimum atomic E-state index is -1.00. The maximum absolute atomic E-state index is 13.3. The van der Waals surface area contributed by atoms with E-state index in [9.17, 15) is 19.1 Å². The number of aliphatic hydroxyl groups excluding tert-OH is 1. The standard InChI is InChI=1S/C13H13FN2O3/c1-6-2-3-7(4-8(6)14)9(17)5-16-11-10(15)12(18)13(11)19/h2-4,9,16-17H,5,15H2,1H3. The van der Waals surface area contributed by atoms with Crippen molar-refractivity contribution in [2.45, 2.75) is 13.0 Å². The molecule has 1 unspecified atom stereocenters. The van der Waals surface area contributed by atoms with Crippen LogP contribution in [0, 0.1) is 12.7 Å². The molecule has 2 rings (SSSR count). The van der Waals surface area contributed by atoms with Gasteiger partial charge in [0.25, 0.3) is 10.9 Å². The minimum Gasteiger partial charge on any atom is -0.394 e. The van der Waals surface area contributed by atoms with Crippen LogP contribution in [0.4, 0.5) is 15.8 Å². The lowest BCUT2D eigenvalue weighted by Gasteiger charge is -2.15. The summed E-state index contributed by atoms with van der Waals surface area (Å²) in [5.74, 6) is -0.412. The molecule has 2 aromatic carbocycles. The fraction of sp³-hybridized carbons (Fsp3) is 0.231. The Morgan fingerprint density at radius 1 is 1.37 bits per heavy atom. The fourth-order valence-electron chi connectivity index (χ4n) is 1.72. The SMILES string of the molecule is Cc1ccc(C(O)CNc2c(N)c(=O)c2=O)cc1F. The Labute approximate surface area is 108 Å². The maximum atomic E-state index is 13.3. The number of hydrogen-bond donors (Lipinski definition) is 3. The number of aryl methyl sites for hydroxylation is 1. The van der Waals surface area contributed by atoms with E-state index >= 15 is 0 Å². The summed E-state index contributed by atoms with van der Waals surface area (Å²) in [7, 11) is 0. The number of rotatable bonds is 4. The monoisotopic (exact) mass is 264 g/mol. The molecule has 0 spiro atoms. The summed E-state index contributed by atoms with van der Waals surface area (Å²) < 4.78 is 13.3. The third kappa shape index (κ3) is 2.34. The predicted octanol–water partition coefficient (Wildman–Crippen LogP) is 0.458. The molecule has 0 aliphatic rings. The molecule has 0 radical (unpaired) electrons. The van der Waals surface area contributed by atoms with Gasteiger partial charge in [-0.2, -0.15) is 0 Å². The van der Waals surface area contributed by atoms with Gasteiger partial charge in [-0.25, -0.2) is 4.39 Å². The van der Waals surface area contributed by atoms with E-state index in [2.05, 4.69) is 5.32 Å². The highest BCUT2D eigenvalue weighted by Crippen LogP contribution is 2.18. The van der Waals surface area contributed by atoms with Crippen LogP contribution in [0.2, 0.25) is 0 Å². The smallest absolute Gasteiger partial charge is 0.253 e. The average molecular weight is 264 g/mol. The molecule has 0 saturated carbocycles. The van der Waals surface area contributed by atoms with Crippen molar-refractivity contribution in [3.63, 3.8) is 0 Å². The normalized spacial score (nSPS) is 12.6. The van der Waals surface area contributed by atoms with Gasteiger partial charge in [0.15, 0.2) is 0 Å². The van der Waals surface area contributed by atoms with Crippen molar-refractivity contribution >= 4 is 11.4 Å². The second-order valence-electron chi connectivity index (χ2n) is 4.35. The van der Waals surface area contributed by atoms with Crippen LogP contribution in [-0.4, -0.2) is 11.7 Å². The largest absolute Gasteiger partial charge is 0.394 e. The van der Waals surface area contributed by atoms with Gasteiger partial charge in [0.05, 0.1) is 6.10 Å². The molecule has 6 heteroatoms. The first-order valence-electron chi connectivity index (χ1n) is 5.68. The zero-order valence-corrected chi connectivity index (χ0v) is 10.2. The highest BCUT2D eigenvalue weighted by atomic mass is 19.1. The number of anilines is 2. The second-order valence-corrected chi connectivity index (χ2v) is 4.35. The number of hydrogen-bond acceptors (Lipinski definition) is 5. The lowest BCUT2D eigenvalue weighted by molar-refractivity contribution is 0.191. The summed E-state index contributed by atoms with van der Waals surface area (Å²) in [6, 6.07) is 4.38. The van der Waals surface area contributed by atoms with Crippen molar-refractivity contribution in [1.82, 2.24) is 0 Å². The summed E-state index contributed by atoms with van der Waals surface area (Å²) in [4.78, 5) is 22.0. The average Bonchev–Trinajstić information content (AvgIpc) is 2.41. The first kappa shape index (κ1) is 13.2. The van der Waals surface area contributed by atoms with Crippen molar-refractivity contribution in [2.24, 2.45) is 0 Å². The van der Waals surface area contributed by atoms with E-state index < -0.39 is 22.8 Å². The van der Waals surface area contributed by atoms with Crippen molar-refractivity contribution < 1.29 is 9.50 Å². The number of nitrogens with two attached hydrogens (primary N) is 1. The summed E-state index contributed by atoms with van der Waals surface area (Å²) in [6.07, 6.45) is -1.00. The van der Waals surface area contributed by atoms with Gasteiger partial charge in [-0.05, 0) is 24.1 Å². The molecular formula is C13H13FN2O3. The van der Waals surface area contributed by atoms with Gasteiger partial charge in [0.1, 0.15) is 17.2 Å². The first-order chi connectivity index (χ1) is 8.91. The molecular weight excluding hydrogens is 251 g/mol. The Morgan fingerprint density at radius 3 is 2.63 bits per heavy atom. The third-order valence-corrected chi connectivity index (χ3v) is 3.00. The predicted molar refractivity (Wildman–Crippen MR) is 70.4 cm³/mol. The molecule has 1 atom stereocenters. The van der Waals surface area contributed by atoms with E-state index in [4.69, 9.17) is 5.73 Å². The quantitative estimate of drug-likeness (QED) is 0.698. The van der Waals surface area contributed by atoms with Gasteiger partial charge in [0, 0.05) is 6.54 Å². The Kier molecular flexibility index (Phi) is 3.35. The van der Waals surface area contributed by atoms with Gasteiger partial charge in [-0.3, -0.25) is 9.59 Å². The van der Waals surface area contributed by atoms with Crippen molar-refractivity contribution in [3.05, 3.63) is 55.6 Å². The van der Waals surface area contributed by atoms with Crippen molar-refractivity contribution in [1.29, 1.82) is 0 Å². The summed E-state index contributed by atoms with van der Waals surface area (Å²) in [6.45, 7) is 1.59. The van der Waals surface area contributed by atoms with Crippen molar-refractivity contribution in [2.75, 3.05) is 17.6 Å². The summed E-state index contributed by atoms with van der Waals surface area (Å²) in [5.41, 5.74) is 4.66. The molecule has 0 aliphatic carbocycles. The Bertz CT molecular complexity index is 690. The van der Waals surface area contributed by atoms with Crippen LogP contribution in [0.15, 0.2) is 27.8 Å². The molecule has 2 aromatic rings. The Hall–Kier alpha value is -2.21.